The fraction of sp³-hybridized carbons (Fsp3) is 0.303. The number of hydrogen-bond donors (Lipinski definition) is 2. The van der Waals surface area contributed by atoms with Gasteiger partial charge in [-0.3, -0.25) is 14.5 Å². The van der Waals surface area contributed by atoms with Crippen LogP contribution in [0, 0.1) is 0 Å². The number of nitrogens with two attached hydrogens (primary N) is 1. The van der Waals surface area contributed by atoms with Crippen molar-refractivity contribution in [2.24, 2.45) is 0 Å². The van der Waals surface area contributed by atoms with E-state index in [0.717, 1.165) is 42.8 Å². The number of carbonyl (C=O) groups is 2. The Morgan fingerprint density at radius 2 is 1.51 bits per heavy atom. The van der Waals surface area contributed by atoms with Crippen LogP contribution in [0.1, 0.15) is 53.9 Å². The summed E-state index contributed by atoms with van der Waals surface area (Å²) in [6.45, 7) is 2.41. The normalized spacial score (nSPS) is 13.7. The van der Waals surface area contributed by atoms with E-state index in [1.807, 2.05) is 43.3 Å². The van der Waals surface area contributed by atoms with Crippen molar-refractivity contribution in [1.29, 1.82) is 0 Å². The van der Waals surface area contributed by atoms with Crippen molar-refractivity contribution in [2.75, 3.05) is 31.5 Å². The summed E-state index contributed by atoms with van der Waals surface area (Å²) in [5.74, 6) is 1.31. The molecule has 224 valence electrons. The number of nitrogens with one attached hydrogen (secondary N) is 1. The molecule has 1 unspecified atom stereocenters. The lowest BCUT2D eigenvalue weighted by molar-refractivity contribution is -0.123. The van der Waals surface area contributed by atoms with Gasteiger partial charge in [0, 0.05) is 17.3 Å². The van der Waals surface area contributed by atoms with Gasteiger partial charge in [-0.15, -0.1) is 0 Å². The van der Waals surface area contributed by atoms with Gasteiger partial charge >= 0.3 is 0 Å². The summed E-state index contributed by atoms with van der Waals surface area (Å²) < 4.78 is 20.8. The number of nitrogen functional groups attached to an aromatic ring is 1. The number of methoxy groups -OCH3 is 2. The molecule has 0 bridgehead atoms. The summed E-state index contributed by atoms with van der Waals surface area (Å²) in [5.41, 5.74) is 9.27. The van der Waals surface area contributed by atoms with Crippen LogP contribution < -0.4 is 30.2 Å². The first-order chi connectivity index (χ1) is 20.9. The smallest absolute Gasteiger partial charge is 0.273 e. The van der Waals surface area contributed by atoms with Crippen LogP contribution in [0.3, 0.4) is 0 Å². The lowest BCUT2D eigenvalue weighted by Crippen LogP contribution is -2.46. The summed E-state index contributed by atoms with van der Waals surface area (Å²) in [4.78, 5) is 30.4. The van der Waals surface area contributed by atoms with E-state index in [2.05, 4.69) is 9.69 Å². The van der Waals surface area contributed by atoms with Crippen molar-refractivity contribution >= 4 is 34.7 Å². The third kappa shape index (κ3) is 6.59. The molecule has 1 saturated carbocycles. The van der Waals surface area contributed by atoms with Crippen LogP contribution in [0.4, 0.5) is 11.4 Å². The van der Waals surface area contributed by atoms with Gasteiger partial charge in [-0.05, 0) is 97.5 Å². The zero-order valence-electron chi connectivity index (χ0n) is 24.5. The number of nitrogens with zero attached hydrogens (tertiary/aromatic N) is 2. The second-order valence-corrected chi connectivity index (χ2v) is 11.0. The van der Waals surface area contributed by atoms with Gasteiger partial charge in [0.1, 0.15) is 33.9 Å². The monoisotopic (exact) mass is 600 g/mol. The number of rotatable bonds is 11. The van der Waals surface area contributed by atoms with E-state index in [0.29, 0.717) is 40.8 Å². The van der Waals surface area contributed by atoms with Gasteiger partial charge in [-0.1, -0.05) is 25.0 Å². The third-order valence-electron chi connectivity index (χ3n) is 7.57. The van der Waals surface area contributed by atoms with Gasteiger partial charge in [0.15, 0.2) is 0 Å². The molecule has 1 aliphatic rings. The molecule has 3 aromatic carbocycles. The van der Waals surface area contributed by atoms with E-state index < -0.39 is 11.9 Å². The molecule has 9 nitrogen and oxygen atoms in total. The molecule has 1 heterocycles. The minimum absolute atomic E-state index is 0.0562. The maximum atomic E-state index is 14.6. The van der Waals surface area contributed by atoms with Gasteiger partial charge in [-0.2, -0.15) is 4.37 Å². The van der Waals surface area contributed by atoms with Crippen LogP contribution in [0.5, 0.6) is 17.2 Å². The molecule has 10 heteroatoms. The minimum atomic E-state index is -0.983. The van der Waals surface area contributed by atoms with Crippen LogP contribution in [0.25, 0.3) is 11.3 Å². The van der Waals surface area contributed by atoms with Crippen molar-refractivity contribution in [3.05, 3.63) is 83.2 Å². The second-order valence-electron chi connectivity index (χ2n) is 10.3. The number of carbonyl (C=O) groups excluding carboxylic acids is 2. The SMILES string of the molecule is CCOc1ccc(N(C(=O)c2snc(-c3ccc(OC)cc3)c2N)C(C(=O)NC2CCCC2)c2ccc(OC)cc2)cc1. The van der Waals surface area contributed by atoms with E-state index >= 15 is 0 Å². The Morgan fingerprint density at radius 1 is 0.930 bits per heavy atom. The summed E-state index contributed by atoms with van der Waals surface area (Å²) >= 11 is 1.01. The predicted octanol–water partition coefficient (Wildman–Crippen LogP) is 6.26. The number of benzene rings is 3. The molecule has 5 rings (SSSR count). The van der Waals surface area contributed by atoms with Crippen LogP contribution in [-0.4, -0.2) is 43.1 Å². The maximum Gasteiger partial charge on any atom is 0.273 e. The van der Waals surface area contributed by atoms with Crippen molar-refractivity contribution in [1.82, 2.24) is 9.69 Å². The third-order valence-corrected chi connectivity index (χ3v) is 8.42. The Morgan fingerprint density at radius 3 is 2.09 bits per heavy atom. The zero-order valence-corrected chi connectivity index (χ0v) is 25.4. The number of aromatic nitrogens is 1. The van der Waals surface area contributed by atoms with Crippen molar-refractivity contribution in [3.63, 3.8) is 0 Å². The van der Waals surface area contributed by atoms with Gasteiger partial charge in [0.05, 0.1) is 26.5 Å². The highest BCUT2D eigenvalue weighted by molar-refractivity contribution is 7.09. The largest absolute Gasteiger partial charge is 0.497 e. The van der Waals surface area contributed by atoms with Gasteiger partial charge in [0.2, 0.25) is 5.91 Å². The molecule has 1 atom stereocenters. The van der Waals surface area contributed by atoms with Crippen molar-refractivity contribution < 1.29 is 23.8 Å². The minimum Gasteiger partial charge on any atom is -0.497 e. The Kier molecular flexibility index (Phi) is 9.46. The Balaban J connectivity index is 1.60. The van der Waals surface area contributed by atoms with Gasteiger partial charge in [-0.25, -0.2) is 0 Å². The number of amides is 2. The summed E-state index contributed by atoms with van der Waals surface area (Å²) in [7, 11) is 3.18. The first-order valence-corrected chi connectivity index (χ1v) is 15.1. The van der Waals surface area contributed by atoms with Crippen LogP contribution in [0.2, 0.25) is 0 Å². The number of ether oxygens (including phenoxy) is 3. The zero-order chi connectivity index (χ0) is 30.3. The molecule has 1 aromatic heterocycles. The van der Waals surface area contributed by atoms with E-state index in [4.69, 9.17) is 19.9 Å². The van der Waals surface area contributed by atoms with E-state index in [1.54, 1.807) is 50.6 Å². The molecule has 2 amide bonds. The van der Waals surface area contributed by atoms with Crippen LogP contribution >= 0.6 is 11.5 Å². The quantitative estimate of drug-likeness (QED) is 0.209. The summed E-state index contributed by atoms with van der Waals surface area (Å²) in [6.07, 6.45) is 3.94. The highest BCUT2D eigenvalue weighted by Gasteiger charge is 2.37. The van der Waals surface area contributed by atoms with Gasteiger partial charge in [0.25, 0.3) is 5.91 Å². The molecule has 4 aromatic rings. The van der Waals surface area contributed by atoms with E-state index in [-0.39, 0.29) is 22.5 Å². The highest BCUT2D eigenvalue weighted by Crippen LogP contribution is 2.37. The first kappa shape index (κ1) is 29.9. The van der Waals surface area contributed by atoms with Crippen LogP contribution in [-0.2, 0) is 4.79 Å². The second kappa shape index (κ2) is 13.6. The fourth-order valence-electron chi connectivity index (χ4n) is 5.33. The molecule has 1 aliphatic carbocycles. The Bertz CT molecular complexity index is 1530. The van der Waals surface area contributed by atoms with Crippen molar-refractivity contribution in [2.45, 2.75) is 44.7 Å². The Hall–Kier alpha value is -4.57. The van der Waals surface area contributed by atoms with E-state index in [9.17, 15) is 9.59 Å². The molecule has 0 spiro atoms. The highest BCUT2D eigenvalue weighted by atomic mass is 32.1. The molecule has 3 N–H and O–H groups in total. The van der Waals surface area contributed by atoms with Crippen molar-refractivity contribution in [3.8, 4) is 28.5 Å². The number of anilines is 2. The van der Waals surface area contributed by atoms with Crippen LogP contribution in [0.15, 0.2) is 72.8 Å². The van der Waals surface area contributed by atoms with Gasteiger partial charge < -0.3 is 25.3 Å². The predicted molar refractivity (Wildman–Crippen MR) is 169 cm³/mol. The molecule has 0 aliphatic heterocycles. The summed E-state index contributed by atoms with van der Waals surface area (Å²) in [6, 6.07) is 20.7. The molecular formula is C33H36N4O5S. The average Bonchev–Trinajstić information content (AvgIpc) is 3.69. The lowest BCUT2D eigenvalue weighted by atomic mass is 10.0. The molecule has 0 saturated heterocycles. The fourth-order valence-corrected chi connectivity index (χ4v) is 6.08. The molecular weight excluding hydrogens is 564 g/mol. The first-order valence-electron chi connectivity index (χ1n) is 14.3. The number of hydrogen-bond acceptors (Lipinski definition) is 8. The topological polar surface area (TPSA) is 116 Å². The Labute approximate surface area is 255 Å². The standard InChI is InChI=1S/C33H36N4O5S/c1-4-42-27-19-13-24(14-20-27)37(33(39)31-28(34)29(36-43-31)21-9-15-25(40-2)16-10-21)30(22-11-17-26(41-3)18-12-22)32(38)35-23-7-5-6-8-23/h9-20,23,30H,4-8,34H2,1-3H3,(H,35,38). The molecule has 43 heavy (non-hydrogen) atoms. The van der Waals surface area contributed by atoms with E-state index in [1.165, 1.54) is 4.90 Å². The summed E-state index contributed by atoms with van der Waals surface area (Å²) in [5, 5.41) is 3.21. The maximum absolute atomic E-state index is 14.6. The molecule has 1 fully saturated rings. The molecule has 0 radical (unpaired) electrons. The average molecular weight is 601 g/mol. The lowest BCUT2D eigenvalue weighted by Gasteiger charge is -2.32.